The first-order valence-corrected chi connectivity index (χ1v) is 7.77. The number of hydrogen-bond donors (Lipinski definition) is 1. The Morgan fingerprint density at radius 1 is 1.41 bits per heavy atom. The molecule has 2 aliphatic carbocycles. The van der Waals surface area contributed by atoms with E-state index in [0.717, 1.165) is 0 Å². The molecule has 1 saturated heterocycles. The lowest BCUT2D eigenvalue weighted by molar-refractivity contribution is -0.146. The smallest absolute Gasteiger partial charge is 0.311 e. The van der Waals surface area contributed by atoms with Gasteiger partial charge in [-0.3, -0.25) is 19.7 Å². The fraction of sp³-hybridized carbons (Fsp3) is 0.750. The van der Waals surface area contributed by atoms with Gasteiger partial charge in [0, 0.05) is 11.3 Å². The molecule has 1 N–H and O–H groups in total. The SMILES string of the molecule is CCC(C)(C)C(=O)NC(=O)C1C2CC3C1OC(=O)C3C2C#N. The van der Waals surface area contributed by atoms with Gasteiger partial charge in [0.2, 0.25) is 11.8 Å². The number of hydrogen-bond acceptors (Lipinski definition) is 5. The normalized spacial score (nSPS) is 38.5. The second-order valence-corrected chi connectivity index (χ2v) is 7.23. The van der Waals surface area contributed by atoms with Crippen molar-refractivity contribution in [1.29, 1.82) is 5.26 Å². The Morgan fingerprint density at radius 2 is 2.09 bits per heavy atom. The molecule has 3 aliphatic rings. The average molecular weight is 304 g/mol. The largest absolute Gasteiger partial charge is 0.461 e. The Kier molecular flexibility index (Phi) is 3.28. The molecule has 0 aromatic rings. The second kappa shape index (κ2) is 4.80. The molecule has 2 amide bonds. The minimum absolute atomic E-state index is 0.0489. The van der Waals surface area contributed by atoms with Gasteiger partial charge in [0.1, 0.15) is 6.10 Å². The van der Waals surface area contributed by atoms with E-state index in [1.807, 2.05) is 6.92 Å². The van der Waals surface area contributed by atoms with E-state index in [2.05, 4.69) is 11.4 Å². The summed E-state index contributed by atoms with van der Waals surface area (Å²) in [5.41, 5.74) is -0.628. The van der Waals surface area contributed by atoms with Crippen LogP contribution in [0.15, 0.2) is 0 Å². The topological polar surface area (TPSA) is 96.3 Å². The Bertz CT molecular complexity index is 591. The predicted octanol–water partition coefficient (Wildman–Crippen LogP) is 1.01. The highest BCUT2D eigenvalue weighted by atomic mass is 16.6. The Labute approximate surface area is 129 Å². The van der Waals surface area contributed by atoms with E-state index in [1.54, 1.807) is 13.8 Å². The molecule has 6 nitrogen and oxygen atoms in total. The third-order valence-electron chi connectivity index (χ3n) is 5.80. The van der Waals surface area contributed by atoms with Gasteiger partial charge < -0.3 is 4.74 Å². The lowest BCUT2D eigenvalue weighted by Crippen LogP contribution is -2.48. The van der Waals surface area contributed by atoms with Crippen molar-refractivity contribution in [3.05, 3.63) is 0 Å². The maximum atomic E-state index is 12.5. The molecule has 118 valence electrons. The summed E-state index contributed by atoms with van der Waals surface area (Å²) in [4.78, 5) is 36.6. The number of nitrogens with one attached hydrogen (secondary N) is 1. The highest BCUT2D eigenvalue weighted by molar-refractivity contribution is 5.99. The number of imide groups is 1. The van der Waals surface area contributed by atoms with Crippen LogP contribution < -0.4 is 5.32 Å². The standard InChI is InChI=1S/C16H20N2O4/c1-4-16(2,3)15(21)18-13(19)11-7-5-8-10(9(7)6-17)14(20)22-12(8)11/h7-12H,4-5H2,1-3H3,(H,18,19,21). The van der Waals surface area contributed by atoms with E-state index in [0.29, 0.717) is 12.8 Å². The van der Waals surface area contributed by atoms with Gasteiger partial charge in [-0.1, -0.05) is 20.8 Å². The molecule has 0 aromatic heterocycles. The molecule has 0 radical (unpaired) electrons. The fourth-order valence-electron chi connectivity index (χ4n) is 4.10. The van der Waals surface area contributed by atoms with Gasteiger partial charge in [-0.25, -0.2) is 0 Å². The molecule has 2 saturated carbocycles. The summed E-state index contributed by atoms with van der Waals surface area (Å²) in [7, 11) is 0. The molecule has 6 atom stereocenters. The number of nitrogens with zero attached hydrogens (tertiary/aromatic N) is 1. The van der Waals surface area contributed by atoms with Crippen molar-refractivity contribution in [2.75, 3.05) is 0 Å². The van der Waals surface area contributed by atoms with Crippen molar-refractivity contribution >= 4 is 17.8 Å². The number of ether oxygens (including phenoxy) is 1. The summed E-state index contributed by atoms with van der Waals surface area (Å²) in [5, 5.41) is 11.8. The van der Waals surface area contributed by atoms with Crippen LogP contribution >= 0.6 is 0 Å². The average Bonchev–Trinajstić information content (AvgIpc) is 3.07. The molecular weight excluding hydrogens is 284 g/mol. The number of amides is 2. The molecule has 3 fully saturated rings. The maximum absolute atomic E-state index is 12.5. The van der Waals surface area contributed by atoms with Crippen LogP contribution in [-0.2, 0) is 19.1 Å². The number of esters is 1. The quantitative estimate of drug-likeness (QED) is 0.785. The van der Waals surface area contributed by atoms with Gasteiger partial charge in [-0.15, -0.1) is 0 Å². The minimum Gasteiger partial charge on any atom is -0.461 e. The number of nitriles is 1. The second-order valence-electron chi connectivity index (χ2n) is 7.23. The summed E-state index contributed by atoms with van der Waals surface area (Å²) in [6.45, 7) is 5.44. The van der Waals surface area contributed by atoms with Gasteiger partial charge in [-0.2, -0.15) is 5.26 Å². The number of rotatable bonds is 3. The highest BCUT2D eigenvalue weighted by Gasteiger charge is 2.68. The zero-order valence-corrected chi connectivity index (χ0v) is 13.0. The molecule has 2 bridgehead atoms. The molecule has 0 spiro atoms. The predicted molar refractivity (Wildman–Crippen MR) is 74.8 cm³/mol. The zero-order chi connectivity index (χ0) is 16.2. The fourth-order valence-corrected chi connectivity index (χ4v) is 4.10. The Morgan fingerprint density at radius 3 is 2.68 bits per heavy atom. The van der Waals surface area contributed by atoms with Crippen molar-refractivity contribution in [2.45, 2.75) is 39.7 Å². The molecule has 3 rings (SSSR count). The van der Waals surface area contributed by atoms with E-state index in [4.69, 9.17) is 4.74 Å². The lowest BCUT2D eigenvalue weighted by Gasteiger charge is -2.28. The molecule has 1 heterocycles. The van der Waals surface area contributed by atoms with Crippen LogP contribution in [0.2, 0.25) is 0 Å². The Balaban J connectivity index is 1.79. The first-order valence-electron chi connectivity index (χ1n) is 7.77. The van der Waals surface area contributed by atoms with Crippen molar-refractivity contribution in [3.8, 4) is 6.07 Å². The van der Waals surface area contributed by atoms with Crippen molar-refractivity contribution < 1.29 is 19.1 Å². The van der Waals surface area contributed by atoms with Crippen molar-refractivity contribution in [3.63, 3.8) is 0 Å². The van der Waals surface area contributed by atoms with Crippen LogP contribution in [0.4, 0.5) is 0 Å². The summed E-state index contributed by atoms with van der Waals surface area (Å²) >= 11 is 0. The van der Waals surface area contributed by atoms with Gasteiger partial charge >= 0.3 is 5.97 Å². The van der Waals surface area contributed by atoms with Gasteiger partial charge in [0.05, 0.1) is 23.8 Å². The molecule has 6 unspecified atom stereocenters. The van der Waals surface area contributed by atoms with Crippen LogP contribution in [0.3, 0.4) is 0 Å². The van der Waals surface area contributed by atoms with Crippen LogP contribution in [0.5, 0.6) is 0 Å². The van der Waals surface area contributed by atoms with E-state index < -0.39 is 29.3 Å². The Hall–Kier alpha value is -1.90. The van der Waals surface area contributed by atoms with E-state index in [-0.39, 0.29) is 29.6 Å². The van der Waals surface area contributed by atoms with Gasteiger partial charge in [0.15, 0.2) is 0 Å². The van der Waals surface area contributed by atoms with Crippen molar-refractivity contribution in [2.24, 2.45) is 35.0 Å². The number of fused-ring (bicyclic) bond motifs is 1. The minimum atomic E-state index is -0.628. The van der Waals surface area contributed by atoms with Crippen LogP contribution in [0.25, 0.3) is 0 Å². The number of carbonyl (C=O) groups is 3. The molecule has 0 aromatic carbocycles. The maximum Gasteiger partial charge on any atom is 0.311 e. The summed E-state index contributed by atoms with van der Waals surface area (Å²) in [6.07, 6.45) is 0.803. The highest BCUT2D eigenvalue weighted by Crippen LogP contribution is 2.60. The third-order valence-corrected chi connectivity index (χ3v) is 5.80. The van der Waals surface area contributed by atoms with Crippen LogP contribution in [0, 0.1) is 46.3 Å². The molecule has 1 aliphatic heterocycles. The number of carbonyl (C=O) groups excluding carboxylic acids is 3. The summed E-state index contributed by atoms with van der Waals surface area (Å²) < 4.78 is 5.34. The zero-order valence-electron chi connectivity index (χ0n) is 13.0. The molecule has 6 heteroatoms. The summed E-state index contributed by atoms with van der Waals surface area (Å²) in [5.74, 6) is -2.75. The van der Waals surface area contributed by atoms with Gasteiger partial charge in [-0.05, 0) is 18.8 Å². The molecular formula is C16H20N2O4. The third kappa shape index (κ3) is 1.88. The van der Waals surface area contributed by atoms with E-state index >= 15 is 0 Å². The lowest BCUT2D eigenvalue weighted by atomic mass is 9.74. The van der Waals surface area contributed by atoms with E-state index in [9.17, 15) is 19.6 Å². The first-order chi connectivity index (χ1) is 10.3. The summed E-state index contributed by atoms with van der Waals surface area (Å²) in [6, 6.07) is 2.17. The van der Waals surface area contributed by atoms with Crippen LogP contribution in [0.1, 0.15) is 33.6 Å². The monoisotopic (exact) mass is 304 g/mol. The first kappa shape index (κ1) is 15.0. The van der Waals surface area contributed by atoms with Crippen molar-refractivity contribution in [1.82, 2.24) is 5.32 Å². The van der Waals surface area contributed by atoms with Gasteiger partial charge in [0.25, 0.3) is 0 Å². The van der Waals surface area contributed by atoms with Crippen LogP contribution in [-0.4, -0.2) is 23.9 Å². The molecule has 22 heavy (non-hydrogen) atoms. The van der Waals surface area contributed by atoms with E-state index in [1.165, 1.54) is 0 Å².